The number of carbonyl (C=O) groups excluding carboxylic acids is 2. The second-order valence-electron chi connectivity index (χ2n) is 2.58. The molecule has 8 nitrogen and oxygen atoms in total. The highest BCUT2D eigenvalue weighted by molar-refractivity contribution is 6.45. The first-order valence-electron chi connectivity index (χ1n) is 4.68. The molecule has 0 aromatic rings. The Morgan fingerprint density at radius 1 is 1.47 bits per heavy atom. The van der Waals surface area contributed by atoms with Crippen molar-refractivity contribution in [1.82, 2.24) is 5.32 Å². The summed E-state index contributed by atoms with van der Waals surface area (Å²) in [5.74, 6) is -1.42. The largest absolute Gasteiger partial charge is 0.465 e. The monoisotopic (exact) mass is 243 g/mol. The number of amides is 1. The van der Waals surface area contributed by atoms with Gasteiger partial charge >= 0.3 is 5.97 Å². The van der Waals surface area contributed by atoms with Gasteiger partial charge in [0.15, 0.2) is 0 Å². The predicted octanol–water partition coefficient (Wildman–Crippen LogP) is -0.834. The lowest BCUT2D eigenvalue weighted by molar-refractivity contribution is -0.142. The molecule has 94 valence electrons. The van der Waals surface area contributed by atoms with E-state index in [1.165, 1.54) is 13.2 Å². The third-order valence-electron chi connectivity index (χ3n) is 1.35. The van der Waals surface area contributed by atoms with E-state index in [-0.39, 0.29) is 19.9 Å². The number of methoxy groups -OCH3 is 1. The van der Waals surface area contributed by atoms with Crippen LogP contribution in [0.5, 0.6) is 0 Å². The maximum Gasteiger partial charge on any atom is 0.325 e. The Hall–Kier alpha value is -2.14. The average Bonchev–Trinajstić information content (AvgIpc) is 2.32. The summed E-state index contributed by atoms with van der Waals surface area (Å²) >= 11 is 0. The normalized spacial score (nSPS) is 10.3. The molecule has 0 heterocycles. The first-order valence-corrected chi connectivity index (χ1v) is 4.68. The Morgan fingerprint density at radius 2 is 2.18 bits per heavy atom. The Bertz CT molecular complexity index is 334. The minimum absolute atomic E-state index is 0.184. The molecule has 0 unspecified atom stereocenters. The molecular weight excluding hydrogens is 230 g/mol. The summed E-state index contributed by atoms with van der Waals surface area (Å²) in [5, 5.41) is 14.0. The first-order chi connectivity index (χ1) is 8.15. The Labute approximate surface area is 98.1 Å². The van der Waals surface area contributed by atoms with Crippen molar-refractivity contribution in [3.05, 3.63) is 0 Å². The van der Waals surface area contributed by atoms with Gasteiger partial charge in [-0.05, 0) is 6.92 Å². The fourth-order valence-electron chi connectivity index (χ4n) is 0.704. The van der Waals surface area contributed by atoms with Crippen LogP contribution in [0.1, 0.15) is 6.92 Å². The van der Waals surface area contributed by atoms with Gasteiger partial charge in [0.2, 0.25) is 12.5 Å². The number of carbonyl (C=O) groups is 2. The molecule has 0 aromatic heterocycles. The highest BCUT2D eigenvalue weighted by atomic mass is 16.7. The molecule has 0 radical (unpaired) electrons. The predicted molar refractivity (Wildman–Crippen MR) is 55.7 cm³/mol. The minimum atomic E-state index is -0.823. The molecule has 0 rings (SSSR count). The van der Waals surface area contributed by atoms with Crippen LogP contribution in [-0.2, 0) is 23.9 Å². The van der Waals surface area contributed by atoms with Crippen LogP contribution in [0.4, 0.5) is 0 Å². The molecule has 0 aliphatic heterocycles. The van der Waals surface area contributed by atoms with Crippen LogP contribution < -0.4 is 5.32 Å². The van der Waals surface area contributed by atoms with Gasteiger partial charge in [-0.25, -0.2) is 0 Å². The molecule has 0 atom stereocenters. The molecule has 0 bridgehead atoms. The molecule has 0 spiro atoms. The van der Waals surface area contributed by atoms with Crippen molar-refractivity contribution in [2.75, 3.05) is 27.1 Å². The van der Waals surface area contributed by atoms with Crippen molar-refractivity contribution in [3.63, 3.8) is 0 Å². The zero-order valence-electron chi connectivity index (χ0n) is 9.56. The zero-order valence-corrected chi connectivity index (χ0v) is 9.56. The smallest absolute Gasteiger partial charge is 0.325 e. The van der Waals surface area contributed by atoms with Crippen LogP contribution in [0.2, 0.25) is 0 Å². The summed E-state index contributed by atoms with van der Waals surface area (Å²) in [6.45, 7) is 1.33. The number of hydrogen-bond acceptors (Lipinski definition) is 7. The van der Waals surface area contributed by atoms with E-state index in [4.69, 9.17) is 5.26 Å². The molecule has 17 heavy (non-hydrogen) atoms. The molecule has 1 amide bonds. The van der Waals surface area contributed by atoms with Crippen molar-refractivity contribution >= 4 is 17.6 Å². The van der Waals surface area contributed by atoms with E-state index in [2.05, 4.69) is 24.8 Å². The van der Waals surface area contributed by atoms with Gasteiger partial charge in [-0.2, -0.15) is 5.26 Å². The summed E-state index contributed by atoms with van der Waals surface area (Å²) in [7, 11) is 1.36. The molecule has 1 N–H and O–H groups in total. The maximum absolute atomic E-state index is 11.3. The summed E-state index contributed by atoms with van der Waals surface area (Å²) in [4.78, 5) is 26.7. The maximum atomic E-state index is 11.3. The molecular formula is C9H13N3O5. The number of nitrogens with one attached hydrogen (secondary N) is 1. The molecule has 0 aliphatic carbocycles. The highest BCUT2D eigenvalue weighted by Crippen LogP contribution is 1.83. The number of nitrogens with zero attached hydrogens (tertiary/aromatic N) is 2. The van der Waals surface area contributed by atoms with Gasteiger partial charge in [0, 0.05) is 7.11 Å². The second kappa shape index (κ2) is 9.11. The summed E-state index contributed by atoms with van der Waals surface area (Å²) in [6.07, 6.45) is 0. The zero-order chi connectivity index (χ0) is 13.1. The Morgan fingerprint density at radius 3 is 2.71 bits per heavy atom. The first kappa shape index (κ1) is 14.9. The number of ether oxygens (including phenoxy) is 2. The van der Waals surface area contributed by atoms with Crippen molar-refractivity contribution in [2.45, 2.75) is 6.92 Å². The highest BCUT2D eigenvalue weighted by Gasteiger charge is 2.13. The summed E-state index contributed by atoms with van der Waals surface area (Å²) < 4.78 is 9.08. The fraction of sp³-hybridized carbons (Fsp3) is 0.556. The fourth-order valence-corrected chi connectivity index (χ4v) is 0.704. The Balaban J connectivity index is 4.14. The molecule has 8 heteroatoms. The van der Waals surface area contributed by atoms with E-state index >= 15 is 0 Å². The van der Waals surface area contributed by atoms with Crippen LogP contribution in [0, 0.1) is 11.3 Å². The van der Waals surface area contributed by atoms with Gasteiger partial charge in [0.05, 0.1) is 6.61 Å². The third-order valence-corrected chi connectivity index (χ3v) is 1.35. The summed E-state index contributed by atoms with van der Waals surface area (Å²) in [5.41, 5.74) is -0.508. The number of hydrogen-bond donors (Lipinski definition) is 1. The van der Waals surface area contributed by atoms with Crippen LogP contribution in [0.15, 0.2) is 5.16 Å². The van der Waals surface area contributed by atoms with Gasteiger partial charge in [0.25, 0.3) is 5.91 Å². The second-order valence-corrected chi connectivity index (χ2v) is 2.58. The van der Waals surface area contributed by atoms with Gasteiger partial charge in [0.1, 0.15) is 12.6 Å². The molecule has 0 saturated carbocycles. The Kier molecular flexibility index (Phi) is 7.97. The van der Waals surface area contributed by atoms with E-state index in [1.807, 2.05) is 0 Å². The minimum Gasteiger partial charge on any atom is -0.465 e. The van der Waals surface area contributed by atoms with Crippen LogP contribution in [0.25, 0.3) is 0 Å². The van der Waals surface area contributed by atoms with Crippen molar-refractivity contribution in [1.29, 1.82) is 5.26 Å². The average molecular weight is 243 g/mol. The van der Waals surface area contributed by atoms with Gasteiger partial charge < -0.3 is 19.6 Å². The van der Waals surface area contributed by atoms with E-state index < -0.39 is 17.6 Å². The molecule has 0 fully saturated rings. The topological polar surface area (TPSA) is 110 Å². The van der Waals surface area contributed by atoms with Crippen molar-refractivity contribution in [2.24, 2.45) is 5.16 Å². The van der Waals surface area contributed by atoms with E-state index in [0.717, 1.165) is 0 Å². The third kappa shape index (κ3) is 6.86. The lowest BCUT2D eigenvalue weighted by Crippen LogP contribution is -2.35. The van der Waals surface area contributed by atoms with Crippen molar-refractivity contribution < 1.29 is 23.9 Å². The van der Waals surface area contributed by atoms with Crippen LogP contribution in [0.3, 0.4) is 0 Å². The number of rotatable bonds is 7. The number of esters is 1. The summed E-state index contributed by atoms with van der Waals surface area (Å²) in [6, 6.07) is 1.52. The quantitative estimate of drug-likeness (QED) is 0.205. The SMILES string of the molecule is CCOC(=O)CNC(=O)C(C#N)=NOCOC. The van der Waals surface area contributed by atoms with E-state index in [0.29, 0.717) is 0 Å². The van der Waals surface area contributed by atoms with Crippen molar-refractivity contribution in [3.8, 4) is 6.07 Å². The lowest BCUT2D eigenvalue weighted by atomic mass is 10.4. The number of nitriles is 1. The standard InChI is InChI=1S/C9H13N3O5/c1-3-16-8(13)5-11-9(14)7(4-10)12-17-6-15-2/h3,5-6H2,1-2H3,(H,11,14). The van der Waals surface area contributed by atoms with Gasteiger partial charge in [-0.1, -0.05) is 5.16 Å². The van der Waals surface area contributed by atoms with E-state index in [1.54, 1.807) is 6.92 Å². The number of oxime groups is 1. The molecule has 0 aliphatic rings. The molecule has 0 saturated heterocycles. The molecule has 0 aromatic carbocycles. The van der Waals surface area contributed by atoms with E-state index in [9.17, 15) is 9.59 Å². The van der Waals surface area contributed by atoms with Gasteiger partial charge in [-0.3, -0.25) is 9.59 Å². The lowest BCUT2D eigenvalue weighted by Gasteiger charge is -2.03. The van der Waals surface area contributed by atoms with Crippen LogP contribution in [-0.4, -0.2) is 44.6 Å². The van der Waals surface area contributed by atoms with Gasteiger partial charge in [-0.15, -0.1) is 0 Å². The van der Waals surface area contributed by atoms with Crippen LogP contribution >= 0.6 is 0 Å².